The zero-order chi connectivity index (χ0) is 12.2. The Morgan fingerprint density at radius 1 is 1.25 bits per heavy atom. The zero-order valence-electron chi connectivity index (χ0n) is 8.92. The molecule has 0 amide bonds. The van der Waals surface area contributed by atoms with Crippen molar-refractivity contribution in [2.45, 2.75) is 30.5 Å². The van der Waals surface area contributed by atoms with Gasteiger partial charge in [-0.15, -0.1) is 11.8 Å². The third kappa shape index (κ3) is 4.90. The van der Waals surface area contributed by atoms with Gasteiger partial charge in [0.2, 0.25) is 0 Å². The predicted octanol–water partition coefficient (Wildman–Crippen LogP) is 3.75. The van der Waals surface area contributed by atoms with E-state index in [0.717, 1.165) is 10.5 Å². The molecule has 5 heteroatoms. The van der Waals surface area contributed by atoms with Gasteiger partial charge < -0.3 is 5.73 Å². The third-order valence-corrected chi connectivity index (χ3v) is 3.07. The van der Waals surface area contributed by atoms with Gasteiger partial charge in [0.1, 0.15) is 0 Å². The fraction of sp³-hybridized carbons (Fsp3) is 0.455. The summed E-state index contributed by atoms with van der Waals surface area (Å²) in [5, 5.41) is 0. The van der Waals surface area contributed by atoms with E-state index in [1.807, 2.05) is 19.1 Å². The highest BCUT2D eigenvalue weighted by Gasteiger charge is 2.26. The minimum Gasteiger partial charge on any atom is -0.324 e. The second kappa shape index (κ2) is 5.59. The summed E-state index contributed by atoms with van der Waals surface area (Å²) in [6.07, 6.45) is -4.83. The van der Waals surface area contributed by atoms with E-state index in [4.69, 9.17) is 5.73 Å². The Balaban J connectivity index is 2.44. The number of benzene rings is 1. The molecule has 0 saturated heterocycles. The zero-order valence-corrected chi connectivity index (χ0v) is 9.74. The van der Waals surface area contributed by atoms with Crippen molar-refractivity contribution in [3.05, 3.63) is 29.8 Å². The monoisotopic (exact) mass is 249 g/mol. The smallest absolute Gasteiger partial charge is 0.324 e. The lowest BCUT2D eigenvalue weighted by atomic mass is 10.1. The van der Waals surface area contributed by atoms with E-state index >= 15 is 0 Å². The van der Waals surface area contributed by atoms with Gasteiger partial charge in [-0.3, -0.25) is 0 Å². The molecular formula is C11H14F3NS. The summed E-state index contributed by atoms with van der Waals surface area (Å²) in [7, 11) is 0. The first kappa shape index (κ1) is 13.4. The van der Waals surface area contributed by atoms with Crippen LogP contribution in [0.1, 0.15) is 24.9 Å². The number of halogens is 3. The molecule has 2 N–H and O–H groups in total. The van der Waals surface area contributed by atoms with Gasteiger partial charge >= 0.3 is 6.18 Å². The van der Waals surface area contributed by atoms with Gasteiger partial charge in [-0.2, -0.15) is 13.2 Å². The lowest BCUT2D eigenvalue weighted by Gasteiger charge is -2.08. The fourth-order valence-corrected chi connectivity index (χ4v) is 2.05. The van der Waals surface area contributed by atoms with Crippen molar-refractivity contribution >= 4 is 11.8 Å². The van der Waals surface area contributed by atoms with Crippen LogP contribution in [-0.2, 0) is 0 Å². The third-order valence-electron chi connectivity index (χ3n) is 2.06. The van der Waals surface area contributed by atoms with Crippen LogP contribution in [0.15, 0.2) is 29.2 Å². The Morgan fingerprint density at radius 2 is 1.81 bits per heavy atom. The molecule has 0 radical (unpaired) electrons. The highest BCUT2D eigenvalue weighted by Crippen LogP contribution is 2.26. The van der Waals surface area contributed by atoms with Crippen LogP contribution in [0.4, 0.5) is 13.2 Å². The molecule has 1 nitrogen and oxygen atoms in total. The normalized spacial score (nSPS) is 13.8. The lowest BCUT2D eigenvalue weighted by Crippen LogP contribution is -2.08. The summed E-state index contributed by atoms with van der Waals surface area (Å²) in [4.78, 5) is 0.841. The second-order valence-corrected chi connectivity index (χ2v) is 4.74. The van der Waals surface area contributed by atoms with Crippen LogP contribution in [0.5, 0.6) is 0 Å². The Kier molecular flexibility index (Phi) is 4.68. The van der Waals surface area contributed by atoms with E-state index < -0.39 is 12.6 Å². The number of rotatable bonds is 4. The maximum Gasteiger partial charge on any atom is 0.389 e. The van der Waals surface area contributed by atoms with Crippen molar-refractivity contribution in [1.82, 2.24) is 0 Å². The van der Waals surface area contributed by atoms with Gasteiger partial charge in [0.05, 0.1) is 6.42 Å². The number of hydrogen-bond acceptors (Lipinski definition) is 2. The van der Waals surface area contributed by atoms with Crippen LogP contribution in [-0.4, -0.2) is 11.9 Å². The molecule has 0 spiro atoms. The molecule has 0 aliphatic rings. The van der Waals surface area contributed by atoms with Crippen molar-refractivity contribution in [2.75, 3.05) is 5.75 Å². The molecule has 90 valence electrons. The Hall–Kier alpha value is -0.680. The summed E-state index contributed by atoms with van der Waals surface area (Å²) in [6.45, 7) is 1.87. The van der Waals surface area contributed by atoms with Crippen LogP contribution < -0.4 is 5.73 Å². The number of alkyl halides is 3. The molecule has 1 unspecified atom stereocenters. The first-order valence-electron chi connectivity index (χ1n) is 4.93. The van der Waals surface area contributed by atoms with E-state index in [0.29, 0.717) is 0 Å². The first-order chi connectivity index (χ1) is 7.38. The minimum atomic E-state index is -4.07. The average Bonchev–Trinajstić information content (AvgIpc) is 2.16. The minimum absolute atomic E-state index is 0.0470. The molecule has 0 saturated carbocycles. The maximum absolute atomic E-state index is 11.9. The molecule has 0 aliphatic heterocycles. The molecule has 0 bridgehead atoms. The van der Waals surface area contributed by atoms with Gasteiger partial charge in [0.25, 0.3) is 0 Å². The van der Waals surface area contributed by atoms with Crippen molar-refractivity contribution < 1.29 is 13.2 Å². The highest BCUT2D eigenvalue weighted by atomic mass is 32.2. The summed E-state index contributed by atoms with van der Waals surface area (Å²) < 4.78 is 35.7. The van der Waals surface area contributed by atoms with E-state index in [2.05, 4.69) is 0 Å². The topological polar surface area (TPSA) is 26.0 Å². The standard InChI is InChI=1S/C11H14F3NS/c1-8(15)9-2-4-10(5-3-9)16-7-6-11(12,13)14/h2-5,8H,6-7,15H2,1H3. The van der Waals surface area contributed by atoms with Gasteiger partial charge in [-0.25, -0.2) is 0 Å². The molecule has 16 heavy (non-hydrogen) atoms. The number of hydrogen-bond donors (Lipinski definition) is 1. The largest absolute Gasteiger partial charge is 0.389 e. The first-order valence-corrected chi connectivity index (χ1v) is 5.92. The predicted molar refractivity (Wildman–Crippen MR) is 60.4 cm³/mol. The lowest BCUT2D eigenvalue weighted by molar-refractivity contribution is -0.129. The Morgan fingerprint density at radius 3 is 2.25 bits per heavy atom. The van der Waals surface area contributed by atoms with Crippen LogP contribution in [0.2, 0.25) is 0 Å². The molecule has 0 aliphatic carbocycles. The number of thioether (sulfide) groups is 1. The van der Waals surface area contributed by atoms with Crippen molar-refractivity contribution in [1.29, 1.82) is 0 Å². The molecule has 0 fully saturated rings. The SMILES string of the molecule is CC(N)c1ccc(SCCC(F)(F)F)cc1. The average molecular weight is 249 g/mol. The van der Waals surface area contributed by atoms with Crippen molar-refractivity contribution in [3.63, 3.8) is 0 Å². The molecule has 1 aromatic carbocycles. The van der Waals surface area contributed by atoms with Gasteiger partial charge in [0, 0.05) is 16.7 Å². The summed E-state index contributed by atoms with van der Waals surface area (Å²) in [6, 6.07) is 7.26. The van der Waals surface area contributed by atoms with Gasteiger partial charge in [0.15, 0.2) is 0 Å². The van der Waals surface area contributed by atoms with E-state index in [1.54, 1.807) is 12.1 Å². The highest BCUT2D eigenvalue weighted by molar-refractivity contribution is 7.99. The molecule has 0 aromatic heterocycles. The fourth-order valence-electron chi connectivity index (χ4n) is 1.15. The van der Waals surface area contributed by atoms with Crippen LogP contribution in [0.3, 0.4) is 0 Å². The van der Waals surface area contributed by atoms with E-state index in [-0.39, 0.29) is 11.8 Å². The maximum atomic E-state index is 11.9. The van der Waals surface area contributed by atoms with E-state index in [1.165, 1.54) is 11.8 Å². The van der Waals surface area contributed by atoms with Crippen molar-refractivity contribution in [3.8, 4) is 0 Å². The van der Waals surface area contributed by atoms with Gasteiger partial charge in [-0.1, -0.05) is 12.1 Å². The summed E-state index contributed by atoms with van der Waals surface area (Å²) in [5.41, 5.74) is 6.65. The summed E-state index contributed by atoms with van der Waals surface area (Å²) in [5.74, 6) is 0.0566. The Labute approximate surface area is 97.2 Å². The van der Waals surface area contributed by atoms with E-state index in [9.17, 15) is 13.2 Å². The van der Waals surface area contributed by atoms with Gasteiger partial charge in [-0.05, 0) is 24.6 Å². The van der Waals surface area contributed by atoms with Crippen LogP contribution >= 0.6 is 11.8 Å². The Bertz CT molecular complexity index is 319. The molecule has 1 aromatic rings. The molecule has 1 atom stereocenters. The van der Waals surface area contributed by atoms with Crippen LogP contribution in [0.25, 0.3) is 0 Å². The molecular weight excluding hydrogens is 235 g/mol. The van der Waals surface area contributed by atoms with Crippen molar-refractivity contribution in [2.24, 2.45) is 5.73 Å². The quantitative estimate of drug-likeness (QED) is 0.822. The molecule has 0 heterocycles. The second-order valence-electron chi connectivity index (χ2n) is 3.57. The van der Waals surface area contributed by atoms with Crippen LogP contribution in [0, 0.1) is 0 Å². The summed E-state index contributed by atoms with van der Waals surface area (Å²) >= 11 is 1.21. The molecule has 1 rings (SSSR count). The number of nitrogens with two attached hydrogens (primary N) is 1.